The van der Waals surface area contributed by atoms with Gasteiger partial charge in [0, 0.05) is 17.2 Å². The molecule has 0 saturated heterocycles. The second-order valence-corrected chi connectivity index (χ2v) is 4.86. The van der Waals surface area contributed by atoms with Crippen molar-refractivity contribution in [1.82, 2.24) is 4.31 Å². The lowest BCUT2D eigenvalue weighted by Crippen LogP contribution is -2.33. The maximum absolute atomic E-state index is 10.9. The standard InChI is InChI=1S/C6H12ClNO4S/c1-3-4-8(13(7,10)11)5-6(9)12-2/h3-5H2,1-2H3. The van der Waals surface area contributed by atoms with E-state index in [4.69, 9.17) is 10.7 Å². The first-order valence-corrected chi connectivity index (χ1v) is 5.95. The first-order chi connectivity index (χ1) is 5.91. The molecule has 0 N–H and O–H groups in total. The van der Waals surface area contributed by atoms with E-state index in [0.29, 0.717) is 6.42 Å². The third-order valence-corrected chi connectivity index (χ3v) is 2.83. The summed E-state index contributed by atoms with van der Waals surface area (Å²) < 4.78 is 26.9. The Balaban J connectivity index is 4.36. The summed E-state index contributed by atoms with van der Waals surface area (Å²) in [6.07, 6.45) is 0.586. The van der Waals surface area contributed by atoms with Crippen molar-refractivity contribution in [3.05, 3.63) is 0 Å². The summed E-state index contributed by atoms with van der Waals surface area (Å²) in [7, 11) is 2.43. The Bertz CT molecular complexity index is 264. The molecule has 0 heterocycles. The Labute approximate surface area is 82.2 Å². The molecule has 0 radical (unpaired) electrons. The predicted molar refractivity (Wildman–Crippen MR) is 48.7 cm³/mol. The van der Waals surface area contributed by atoms with Crippen molar-refractivity contribution < 1.29 is 17.9 Å². The number of ether oxygens (including phenoxy) is 1. The summed E-state index contributed by atoms with van der Waals surface area (Å²) in [4.78, 5) is 10.8. The third-order valence-electron chi connectivity index (χ3n) is 1.31. The van der Waals surface area contributed by atoms with E-state index in [1.54, 1.807) is 6.92 Å². The number of esters is 1. The molecule has 0 aromatic carbocycles. The van der Waals surface area contributed by atoms with Crippen LogP contribution in [-0.4, -0.2) is 38.9 Å². The van der Waals surface area contributed by atoms with Gasteiger partial charge in [-0.25, -0.2) is 0 Å². The molecule has 13 heavy (non-hydrogen) atoms. The van der Waals surface area contributed by atoms with E-state index in [1.165, 1.54) is 7.11 Å². The van der Waals surface area contributed by atoms with Crippen LogP contribution in [-0.2, 0) is 18.8 Å². The Morgan fingerprint density at radius 1 is 1.54 bits per heavy atom. The number of methoxy groups -OCH3 is 1. The van der Waals surface area contributed by atoms with Gasteiger partial charge in [0.1, 0.15) is 6.54 Å². The van der Waals surface area contributed by atoms with Gasteiger partial charge < -0.3 is 4.74 Å². The van der Waals surface area contributed by atoms with Gasteiger partial charge in [0.05, 0.1) is 7.11 Å². The van der Waals surface area contributed by atoms with E-state index in [0.717, 1.165) is 4.31 Å². The zero-order valence-electron chi connectivity index (χ0n) is 7.49. The molecule has 7 heteroatoms. The summed E-state index contributed by atoms with van der Waals surface area (Å²) in [6.45, 7) is 1.66. The minimum absolute atomic E-state index is 0.209. The van der Waals surface area contributed by atoms with Gasteiger partial charge in [-0.1, -0.05) is 6.92 Å². The Kier molecular flexibility index (Phi) is 5.27. The average Bonchev–Trinajstić information content (AvgIpc) is 2.01. The van der Waals surface area contributed by atoms with Crippen molar-refractivity contribution in [2.75, 3.05) is 20.2 Å². The highest BCUT2D eigenvalue weighted by molar-refractivity contribution is 8.11. The molecule has 0 saturated carbocycles. The Morgan fingerprint density at radius 3 is 2.38 bits per heavy atom. The van der Waals surface area contributed by atoms with E-state index >= 15 is 0 Å². The summed E-state index contributed by atoms with van der Waals surface area (Å²) in [5.41, 5.74) is 0. The number of carbonyl (C=O) groups is 1. The van der Waals surface area contributed by atoms with Crippen LogP contribution in [0.3, 0.4) is 0 Å². The molecule has 0 aliphatic heterocycles. The van der Waals surface area contributed by atoms with Crippen molar-refractivity contribution in [2.24, 2.45) is 0 Å². The van der Waals surface area contributed by atoms with Crippen LogP contribution >= 0.6 is 10.7 Å². The summed E-state index contributed by atoms with van der Waals surface area (Å²) in [5.74, 6) is -0.627. The zero-order valence-corrected chi connectivity index (χ0v) is 9.06. The largest absolute Gasteiger partial charge is 0.468 e. The summed E-state index contributed by atoms with van der Waals surface area (Å²) in [5, 5.41) is 0. The normalized spacial score (nSPS) is 11.7. The fourth-order valence-corrected chi connectivity index (χ4v) is 1.74. The molecule has 0 amide bonds. The lowest BCUT2D eigenvalue weighted by atomic mass is 10.5. The van der Waals surface area contributed by atoms with Crippen LogP contribution in [0.25, 0.3) is 0 Å². The molecule has 0 aromatic rings. The molecule has 0 atom stereocenters. The predicted octanol–water partition coefficient (Wildman–Crippen LogP) is 0.355. The maximum atomic E-state index is 10.9. The second-order valence-electron chi connectivity index (χ2n) is 2.35. The maximum Gasteiger partial charge on any atom is 0.321 e. The smallest absolute Gasteiger partial charge is 0.321 e. The van der Waals surface area contributed by atoms with Gasteiger partial charge in [0.2, 0.25) is 0 Å². The molecule has 5 nitrogen and oxygen atoms in total. The molecule has 0 aliphatic carbocycles. The van der Waals surface area contributed by atoms with Crippen molar-refractivity contribution in [2.45, 2.75) is 13.3 Å². The molecular formula is C6H12ClNO4S. The average molecular weight is 230 g/mol. The molecule has 0 aromatic heterocycles. The molecule has 0 fully saturated rings. The van der Waals surface area contributed by atoms with Crippen molar-refractivity contribution in [3.8, 4) is 0 Å². The van der Waals surface area contributed by atoms with Gasteiger partial charge in [-0.2, -0.15) is 12.7 Å². The molecule has 78 valence electrons. The highest BCUT2D eigenvalue weighted by Gasteiger charge is 2.21. The molecule has 0 unspecified atom stereocenters. The second kappa shape index (κ2) is 5.41. The van der Waals surface area contributed by atoms with Crippen LogP contribution in [0.4, 0.5) is 0 Å². The van der Waals surface area contributed by atoms with Gasteiger partial charge in [-0.15, -0.1) is 0 Å². The fourth-order valence-electron chi connectivity index (χ4n) is 0.723. The molecule has 0 bridgehead atoms. The lowest BCUT2D eigenvalue weighted by Gasteiger charge is -2.15. The van der Waals surface area contributed by atoms with Gasteiger partial charge >= 0.3 is 5.97 Å². The third kappa shape index (κ3) is 5.07. The van der Waals surface area contributed by atoms with Gasteiger partial charge in [0.15, 0.2) is 0 Å². The van der Waals surface area contributed by atoms with E-state index in [9.17, 15) is 13.2 Å². The Hall–Kier alpha value is -0.330. The van der Waals surface area contributed by atoms with E-state index < -0.39 is 15.2 Å². The molecule has 0 spiro atoms. The van der Waals surface area contributed by atoms with E-state index in [1.807, 2.05) is 0 Å². The highest BCUT2D eigenvalue weighted by atomic mass is 35.7. The van der Waals surface area contributed by atoms with Crippen LogP contribution in [0.15, 0.2) is 0 Å². The lowest BCUT2D eigenvalue weighted by molar-refractivity contribution is -0.140. The van der Waals surface area contributed by atoms with Crippen molar-refractivity contribution >= 4 is 25.9 Å². The van der Waals surface area contributed by atoms with E-state index in [2.05, 4.69) is 4.74 Å². The monoisotopic (exact) mass is 229 g/mol. The number of carbonyl (C=O) groups excluding carboxylic acids is 1. The fraction of sp³-hybridized carbons (Fsp3) is 0.833. The number of nitrogens with zero attached hydrogens (tertiary/aromatic N) is 1. The van der Waals surface area contributed by atoms with Crippen LogP contribution < -0.4 is 0 Å². The molecule has 0 rings (SSSR count). The zero-order chi connectivity index (χ0) is 10.5. The van der Waals surface area contributed by atoms with Crippen molar-refractivity contribution in [3.63, 3.8) is 0 Å². The van der Waals surface area contributed by atoms with Crippen LogP contribution in [0.1, 0.15) is 13.3 Å². The van der Waals surface area contributed by atoms with Gasteiger partial charge in [-0.3, -0.25) is 4.79 Å². The van der Waals surface area contributed by atoms with Crippen LogP contribution in [0.5, 0.6) is 0 Å². The first kappa shape index (κ1) is 12.7. The SMILES string of the molecule is CCCN(CC(=O)OC)S(=O)(=O)Cl. The summed E-state index contributed by atoms with van der Waals surface area (Å²) >= 11 is 0. The van der Waals surface area contributed by atoms with Gasteiger partial charge in [0.25, 0.3) is 9.24 Å². The van der Waals surface area contributed by atoms with Crippen LogP contribution in [0.2, 0.25) is 0 Å². The topological polar surface area (TPSA) is 63.7 Å². The number of halogens is 1. The highest BCUT2D eigenvalue weighted by Crippen LogP contribution is 2.06. The van der Waals surface area contributed by atoms with Crippen LogP contribution in [0, 0.1) is 0 Å². The number of hydrogen-bond donors (Lipinski definition) is 0. The number of rotatable bonds is 5. The van der Waals surface area contributed by atoms with E-state index in [-0.39, 0.29) is 13.1 Å². The Morgan fingerprint density at radius 2 is 2.08 bits per heavy atom. The quantitative estimate of drug-likeness (QED) is 0.504. The molecule has 0 aliphatic rings. The molecular weight excluding hydrogens is 218 g/mol. The minimum Gasteiger partial charge on any atom is -0.468 e. The minimum atomic E-state index is -3.83. The first-order valence-electron chi connectivity index (χ1n) is 3.68. The summed E-state index contributed by atoms with van der Waals surface area (Å²) in [6, 6.07) is 0. The number of hydrogen-bond acceptors (Lipinski definition) is 4. The van der Waals surface area contributed by atoms with Gasteiger partial charge in [-0.05, 0) is 6.42 Å². The van der Waals surface area contributed by atoms with Crippen molar-refractivity contribution in [1.29, 1.82) is 0 Å².